The van der Waals surface area contributed by atoms with Crippen LogP contribution in [0, 0.1) is 0 Å². The first-order valence-corrected chi connectivity index (χ1v) is 8.31. The van der Waals surface area contributed by atoms with Crippen molar-refractivity contribution in [2.24, 2.45) is 5.73 Å². The molecule has 1 unspecified atom stereocenters. The minimum absolute atomic E-state index is 0.00629. The van der Waals surface area contributed by atoms with Crippen molar-refractivity contribution in [3.63, 3.8) is 0 Å². The van der Waals surface area contributed by atoms with E-state index in [1.807, 2.05) is 17.0 Å². The van der Waals surface area contributed by atoms with Gasteiger partial charge >= 0.3 is 6.03 Å². The maximum absolute atomic E-state index is 12.9. The number of piperidine rings is 1. The quantitative estimate of drug-likeness (QED) is 0.866. The molecule has 0 aliphatic carbocycles. The maximum atomic E-state index is 12.9. The van der Waals surface area contributed by atoms with Crippen LogP contribution in [0.3, 0.4) is 0 Å². The SMILES string of the molecule is NC(=O)NCc1ccc(C(=O)N2CCCCC2C2OCCO2)cc1. The lowest BCUT2D eigenvalue weighted by molar-refractivity contribution is -0.100. The molecule has 7 heteroatoms. The molecule has 1 aromatic carbocycles. The highest BCUT2D eigenvalue weighted by Crippen LogP contribution is 2.26. The van der Waals surface area contributed by atoms with Gasteiger partial charge in [-0.2, -0.15) is 0 Å². The third-order valence-electron chi connectivity index (χ3n) is 4.44. The topological polar surface area (TPSA) is 93.9 Å². The summed E-state index contributed by atoms with van der Waals surface area (Å²) >= 11 is 0. The Hall–Kier alpha value is -2.12. The molecule has 3 rings (SSSR count). The van der Waals surface area contributed by atoms with Crippen LogP contribution in [0.1, 0.15) is 35.2 Å². The number of nitrogens with zero attached hydrogens (tertiary/aromatic N) is 1. The number of ether oxygens (including phenoxy) is 2. The van der Waals surface area contributed by atoms with Crippen LogP contribution < -0.4 is 11.1 Å². The summed E-state index contributed by atoms with van der Waals surface area (Å²) in [7, 11) is 0. The summed E-state index contributed by atoms with van der Waals surface area (Å²) in [6.45, 7) is 2.24. The summed E-state index contributed by atoms with van der Waals surface area (Å²) in [5, 5.41) is 2.53. The number of primary amides is 1. The molecule has 3 amide bonds. The first-order valence-electron chi connectivity index (χ1n) is 8.31. The van der Waals surface area contributed by atoms with Crippen molar-refractivity contribution in [2.75, 3.05) is 19.8 Å². The number of carbonyl (C=O) groups excluding carboxylic acids is 2. The molecule has 0 spiro atoms. The zero-order chi connectivity index (χ0) is 16.9. The zero-order valence-electron chi connectivity index (χ0n) is 13.6. The van der Waals surface area contributed by atoms with Crippen LogP contribution in [-0.2, 0) is 16.0 Å². The van der Waals surface area contributed by atoms with Gasteiger partial charge in [-0.1, -0.05) is 12.1 Å². The van der Waals surface area contributed by atoms with E-state index in [2.05, 4.69) is 5.32 Å². The number of nitrogens with two attached hydrogens (primary N) is 1. The molecular weight excluding hydrogens is 310 g/mol. The van der Waals surface area contributed by atoms with Gasteiger partial charge in [0.05, 0.1) is 19.3 Å². The van der Waals surface area contributed by atoms with Crippen molar-refractivity contribution in [3.8, 4) is 0 Å². The largest absolute Gasteiger partial charge is 0.352 e. The number of amides is 3. The third kappa shape index (κ3) is 3.85. The summed E-state index contributed by atoms with van der Waals surface area (Å²) in [4.78, 5) is 25.5. The van der Waals surface area contributed by atoms with Crippen LogP contribution in [0.2, 0.25) is 0 Å². The van der Waals surface area contributed by atoms with Gasteiger partial charge in [-0.3, -0.25) is 4.79 Å². The Morgan fingerprint density at radius 1 is 1.17 bits per heavy atom. The van der Waals surface area contributed by atoms with Crippen molar-refractivity contribution in [1.82, 2.24) is 10.2 Å². The Bertz CT molecular complexity index is 584. The fourth-order valence-electron chi connectivity index (χ4n) is 3.21. The Morgan fingerprint density at radius 2 is 1.88 bits per heavy atom. The van der Waals surface area contributed by atoms with E-state index in [4.69, 9.17) is 15.2 Å². The predicted octanol–water partition coefficient (Wildman–Crippen LogP) is 1.22. The fraction of sp³-hybridized carbons (Fsp3) is 0.529. The molecule has 7 nitrogen and oxygen atoms in total. The molecule has 3 N–H and O–H groups in total. The summed E-state index contributed by atoms with van der Waals surface area (Å²) in [5.74, 6) is -0.00629. The highest BCUT2D eigenvalue weighted by molar-refractivity contribution is 5.94. The Labute approximate surface area is 141 Å². The van der Waals surface area contributed by atoms with Gasteiger partial charge in [-0.25, -0.2) is 4.79 Å². The molecule has 130 valence electrons. The van der Waals surface area contributed by atoms with E-state index in [9.17, 15) is 9.59 Å². The average molecular weight is 333 g/mol. The molecule has 2 aliphatic heterocycles. The molecule has 2 saturated heterocycles. The van der Waals surface area contributed by atoms with E-state index in [1.165, 1.54) is 0 Å². The summed E-state index contributed by atoms with van der Waals surface area (Å²) in [5.41, 5.74) is 6.58. The number of nitrogens with one attached hydrogen (secondary N) is 1. The number of hydrogen-bond donors (Lipinski definition) is 2. The molecule has 0 radical (unpaired) electrons. The lowest BCUT2D eigenvalue weighted by atomic mass is 10.00. The Balaban J connectivity index is 1.68. The van der Waals surface area contributed by atoms with Gasteiger partial charge in [0.2, 0.25) is 0 Å². The first kappa shape index (κ1) is 16.7. The van der Waals surface area contributed by atoms with E-state index < -0.39 is 6.03 Å². The van der Waals surface area contributed by atoms with Gasteiger partial charge in [0.15, 0.2) is 6.29 Å². The van der Waals surface area contributed by atoms with Crippen LogP contribution in [0.5, 0.6) is 0 Å². The monoisotopic (exact) mass is 333 g/mol. The third-order valence-corrected chi connectivity index (χ3v) is 4.44. The number of carbonyl (C=O) groups is 2. The van der Waals surface area contributed by atoms with Crippen molar-refractivity contribution in [2.45, 2.75) is 38.1 Å². The van der Waals surface area contributed by atoms with Crippen molar-refractivity contribution >= 4 is 11.9 Å². The smallest absolute Gasteiger partial charge is 0.312 e. The predicted molar refractivity (Wildman–Crippen MR) is 87.2 cm³/mol. The molecule has 2 heterocycles. The number of urea groups is 1. The number of rotatable bonds is 4. The summed E-state index contributed by atoms with van der Waals surface area (Å²) in [6, 6.07) is 6.62. The molecule has 0 aromatic heterocycles. The van der Waals surface area contributed by atoms with Crippen molar-refractivity contribution in [1.29, 1.82) is 0 Å². The highest BCUT2D eigenvalue weighted by atomic mass is 16.7. The average Bonchev–Trinajstić information content (AvgIpc) is 3.14. The van der Waals surface area contributed by atoms with E-state index in [-0.39, 0.29) is 18.2 Å². The minimum Gasteiger partial charge on any atom is -0.352 e. The molecule has 0 saturated carbocycles. The van der Waals surface area contributed by atoms with E-state index in [1.54, 1.807) is 12.1 Å². The number of benzene rings is 1. The second-order valence-electron chi connectivity index (χ2n) is 6.09. The standard InChI is InChI=1S/C17H23N3O4/c18-17(22)19-11-12-4-6-13(7-5-12)15(21)20-8-2-1-3-14(20)16-23-9-10-24-16/h4-7,14,16H,1-3,8-11H2,(H3,18,19,22). The molecule has 2 fully saturated rings. The lowest BCUT2D eigenvalue weighted by Crippen LogP contribution is -2.50. The van der Waals surface area contributed by atoms with Crippen LogP contribution >= 0.6 is 0 Å². The number of hydrogen-bond acceptors (Lipinski definition) is 4. The summed E-state index contributed by atoms with van der Waals surface area (Å²) in [6.07, 6.45) is 2.66. The van der Waals surface area contributed by atoms with Crippen LogP contribution in [0.4, 0.5) is 4.79 Å². The molecule has 1 atom stereocenters. The Morgan fingerprint density at radius 3 is 2.54 bits per heavy atom. The fourth-order valence-corrected chi connectivity index (χ4v) is 3.21. The van der Waals surface area contributed by atoms with Crippen LogP contribution in [-0.4, -0.2) is 48.9 Å². The van der Waals surface area contributed by atoms with Crippen molar-refractivity contribution in [3.05, 3.63) is 35.4 Å². The molecule has 24 heavy (non-hydrogen) atoms. The van der Waals surface area contributed by atoms with Gasteiger partial charge in [-0.15, -0.1) is 0 Å². The van der Waals surface area contributed by atoms with E-state index in [0.717, 1.165) is 31.4 Å². The minimum atomic E-state index is -0.567. The van der Waals surface area contributed by atoms with Gasteiger partial charge in [-0.05, 0) is 37.0 Å². The van der Waals surface area contributed by atoms with Gasteiger partial charge in [0.1, 0.15) is 0 Å². The molecule has 1 aromatic rings. The zero-order valence-corrected chi connectivity index (χ0v) is 13.6. The van der Waals surface area contributed by atoms with Gasteiger partial charge in [0.25, 0.3) is 5.91 Å². The van der Waals surface area contributed by atoms with Crippen LogP contribution in [0.15, 0.2) is 24.3 Å². The van der Waals surface area contributed by atoms with Gasteiger partial charge < -0.3 is 25.4 Å². The van der Waals surface area contributed by atoms with Gasteiger partial charge in [0, 0.05) is 18.7 Å². The molecule has 0 bridgehead atoms. The number of likely N-dealkylation sites (tertiary alicyclic amines) is 1. The molecule has 2 aliphatic rings. The van der Waals surface area contributed by atoms with E-state index in [0.29, 0.717) is 25.3 Å². The van der Waals surface area contributed by atoms with Crippen molar-refractivity contribution < 1.29 is 19.1 Å². The molecular formula is C17H23N3O4. The normalized spacial score (nSPS) is 21.7. The Kier molecular flexibility index (Phi) is 5.32. The maximum Gasteiger partial charge on any atom is 0.312 e. The summed E-state index contributed by atoms with van der Waals surface area (Å²) < 4.78 is 11.2. The highest BCUT2D eigenvalue weighted by Gasteiger charge is 2.36. The van der Waals surface area contributed by atoms with E-state index >= 15 is 0 Å². The second kappa shape index (κ2) is 7.63. The lowest BCUT2D eigenvalue weighted by Gasteiger charge is -2.38. The first-order chi connectivity index (χ1) is 11.6. The second-order valence-corrected chi connectivity index (χ2v) is 6.09. The van der Waals surface area contributed by atoms with Crippen LogP contribution in [0.25, 0.3) is 0 Å².